The standard InChI is InChI=1S/C21H24N2O5/c1-14-20(24)23(18-9-8-17(27-3)13-19(18)28-4)11-10-22(14)21(25)15-6-5-7-16(12-15)26-2/h5-9,12-14H,10-11H2,1-4H3. The highest BCUT2D eigenvalue weighted by Gasteiger charge is 2.36. The Bertz CT molecular complexity index is 883. The van der Waals surface area contributed by atoms with Gasteiger partial charge in [0.2, 0.25) is 5.91 Å². The molecule has 2 aromatic carbocycles. The Balaban J connectivity index is 1.83. The molecule has 0 spiro atoms. The first-order valence-electron chi connectivity index (χ1n) is 8.98. The third-order valence-corrected chi connectivity index (χ3v) is 4.91. The summed E-state index contributed by atoms with van der Waals surface area (Å²) in [6.07, 6.45) is 0. The van der Waals surface area contributed by atoms with Crippen molar-refractivity contribution in [3.63, 3.8) is 0 Å². The van der Waals surface area contributed by atoms with Gasteiger partial charge in [-0.3, -0.25) is 9.59 Å². The molecule has 0 aliphatic carbocycles. The first-order valence-corrected chi connectivity index (χ1v) is 8.98. The van der Waals surface area contributed by atoms with Crippen molar-refractivity contribution in [2.45, 2.75) is 13.0 Å². The molecule has 0 radical (unpaired) electrons. The lowest BCUT2D eigenvalue weighted by atomic mass is 10.1. The molecule has 1 fully saturated rings. The van der Waals surface area contributed by atoms with Gasteiger partial charge in [0.1, 0.15) is 23.3 Å². The summed E-state index contributed by atoms with van der Waals surface area (Å²) < 4.78 is 15.8. The van der Waals surface area contributed by atoms with E-state index in [9.17, 15) is 9.59 Å². The molecule has 7 heteroatoms. The Morgan fingerprint density at radius 2 is 1.68 bits per heavy atom. The molecule has 148 valence electrons. The second kappa shape index (κ2) is 8.21. The Kier molecular flexibility index (Phi) is 5.73. The fraction of sp³-hybridized carbons (Fsp3) is 0.333. The quantitative estimate of drug-likeness (QED) is 0.793. The maximum absolute atomic E-state index is 13.0. The van der Waals surface area contributed by atoms with Gasteiger partial charge in [-0.1, -0.05) is 6.07 Å². The van der Waals surface area contributed by atoms with Crippen LogP contribution in [0.1, 0.15) is 17.3 Å². The number of carbonyl (C=O) groups excluding carboxylic acids is 2. The van der Waals surface area contributed by atoms with Crippen molar-refractivity contribution in [3.05, 3.63) is 48.0 Å². The Labute approximate surface area is 164 Å². The molecule has 1 atom stereocenters. The monoisotopic (exact) mass is 384 g/mol. The second-order valence-electron chi connectivity index (χ2n) is 6.43. The van der Waals surface area contributed by atoms with E-state index in [1.165, 1.54) is 0 Å². The van der Waals surface area contributed by atoms with Crippen LogP contribution in [0.4, 0.5) is 5.69 Å². The molecule has 0 saturated carbocycles. The van der Waals surface area contributed by atoms with Crippen molar-refractivity contribution in [2.75, 3.05) is 39.3 Å². The topological polar surface area (TPSA) is 68.3 Å². The first-order chi connectivity index (χ1) is 13.5. The van der Waals surface area contributed by atoms with Crippen molar-refractivity contribution < 1.29 is 23.8 Å². The zero-order valence-corrected chi connectivity index (χ0v) is 16.5. The zero-order valence-electron chi connectivity index (χ0n) is 16.5. The maximum atomic E-state index is 13.0. The van der Waals surface area contributed by atoms with Crippen molar-refractivity contribution in [2.24, 2.45) is 0 Å². The molecule has 3 rings (SSSR count). The van der Waals surface area contributed by atoms with Crippen molar-refractivity contribution in [1.82, 2.24) is 4.90 Å². The highest BCUT2D eigenvalue weighted by Crippen LogP contribution is 2.34. The van der Waals surface area contributed by atoms with E-state index in [1.807, 2.05) is 0 Å². The van der Waals surface area contributed by atoms with Gasteiger partial charge < -0.3 is 24.0 Å². The van der Waals surface area contributed by atoms with Crippen molar-refractivity contribution >= 4 is 17.5 Å². The lowest BCUT2D eigenvalue weighted by molar-refractivity contribution is -0.124. The van der Waals surface area contributed by atoms with E-state index in [1.54, 1.807) is 80.5 Å². The van der Waals surface area contributed by atoms with E-state index in [4.69, 9.17) is 14.2 Å². The number of benzene rings is 2. The number of hydrogen-bond acceptors (Lipinski definition) is 5. The van der Waals surface area contributed by atoms with Gasteiger partial charge in [-0.05, 0) is 37.3 Å². The molecule has 0 N–H and O–H groups in total. The average molecular weight is 384 g/mol. The Morgan fingerprint density at radius 3 is 2.36 bits per heavy atom. The van der Waals surface area contributed by atoms with E-state index in [2.05, 4.69) is 0 Å². The lowest BCUT2D eigenvalue weighted by Gasteiger charge is -2.39. The SMILES string of the molecule is COc1cccc(C(=O)N2CCN(c3ccc(OC)cc3OC)C(=O)C2C)c1. The number of hydrogen-bond donors (Lipinski definition) is 0. The summed E-state index contributed by atoms with van der Waals surface area (Å²) in [5.41, 5.74) is 1.16. The van der Waals surface area contributed by atoms with E-state index >= 15 is 0 Å². The van der Waals surface area contributed by atoms with Gasteiger partial charge >= 0.3 is 0 Å². The van der Waals surface area contributed by atoms with Gasteiger partial charge in [0.25, 0.3) is 5.91 Å². The summed E-state index contributed by atoms with van der Waals surface area (Å²) in [5.74, 6) is 1.44. The summed E-state index contributed by atoms with van der Waals surface area (Å²) >= 11 is 0. The van der Waals surface area contributed by atoms with E-state index in [0.717, 1.165) is 0 Å². The fourth-order valence-electron chi connectivity index (χ4n) is 3.32. The highest BCUT2D eigenvalue weighted by atomic mass is 16.5. The largest absolute Gasteiger partial charge is 0.497 e. The smallest absolute Gasteiger partial charge is 0.254 e. The molecular weight excluding hydrogens is 360 g/mol. The molecule has 7 nitrogen and oxygen atoms in total. The zero-order chi connectivity index (χ0) is 20.3. The third-order valence-electron chi connectivity index (χ3n) is 4.91. The van der Waals surface area contributed by atoms with Crippen LogP contribution in [0, 0.1) is 0 Å². The number of carbonyl (C=O) groups is 2. The molecule has 2 amide bonds. The predicted molar refractivity (Wildman–Crippen MR) is 105 cm³/mol. The average Bonchev–Trinajstić information content (AvgIpc) is 2.74. The van der Waals surface area contributed by atoms with Crippen LogP contribution in [0.25, 0.3) is 0 Å². The molecule has 0 bridgehead atoms. The number of amides is 2. The molecule has 0 aromatic heterocycles. The Morgan fingerprint density at radius 1 is 0.964 bits per heavy atom. The maximum Gasteiger partial charge on any atom is 0.254 e. The summed E-state index contributed by atoms with van der Waals surface area (Å²) in [6.45, 7) is 2.53. The fourth-order valence-corrected chi connectivity index (χ4v) is 3.32. The molecule has 1 saturated heterocycles. The van der Waals surface area contributed by atoms with Crippen molar-refractivity contribution in [1.29, 1.82) is 0 Å². The van der Waals surface area contributed by atoms with Crippen LogP contribution in [0.5, 0.6) is 17.2 Å². The van der Waals surface area contributed by atoms with Crippen molar-refractivity contribution in [3.8, 4) is 17.2 Å². The van der Waals surface area contributed by atoms with Crippen LogP contribution >= 0.6 is 0 Å². The van der Waals surface area contributed by atoms with Gasteiger partial charge in [-0.15, -0.1) is 0 Å². The van der Waals surface area contributed by atoms with Crippen LogP contribution in [0.2, 0.25) is 0 Å². The van der Waals surface area contributed by atoms with Gasteiger partial charge in [-0.2, -0.15) is 0 Å². The predicted octanol–water partition coefficient (Wildman–Crippen LogP) is 2.59. The molecule has 1 unspecified atom stereocenters. The number of anilines is 1. The Hall–Kier alpha value is -3.22. The molecule has 1 aliphatic rings. The van der Waals surface area contributed by atoms with E-state index < -0.39 is 6.04 Å². The van der Waals surface area contributed by atoms with E-state index in [-0.39, 0.29) is 11.8 Å². The van der Waals surface area contributed by atoms with Crippen LogP contribution in [0.15, 0.2) is 42.5 Å². The summed E-state index contributed by atoms with van der Waals surface area (Å²) in [7, 11) is 4.68. The first kappa shape index (κ1) is 19.5. The normalized spacial score (nSPS) is 16.7. The number of rotatable bonds is 5. The number of nitrogens with zero attached hydrogens (tertiary/aromatic N) is 2. The number of ether oxygens (including phenoxy) is 3. The van der Waals surface area contributed by atoms with E-state index in [0.29, 0.717) is 41.6 Å². The molecular formula is C21H24N2O5. The molecule has 28 heavy (non-hydrogen) atoms. The minimum Gasteiger partial charge on any atom is -0.497 e. The summed E-state index contributed by atoms with van der Waals surface area (Å²) in [4.78, 5) is 29.2. The second-order valence-corrected chi connectivity index (χ2v) is 6.43. The van der Waals surface area contributed by atoms with Crippen LogP contribution in [-0.2, 0) is 4.79 Å². The van der Waals surface area contributed by atoms with Crippen LogP contribution in [-0.4, -0.2) is 57.2 Å². The minimum absolute atomic E-state index is 0.161. The molecule has 1 heterocycles. The lowest BCUT2D eigenvalue weighted by Crippen LogP contribution is -2.57. The van der Waals surface area contributed by atoms with Crippen LogP contribution < -0.4 is 19.1 Å². The minimum atomic E-state index is -0.598. The van der Waals surface area contributed by atoms with Gasteiger partial charge in [0, 0.05) is 24.7 Å². The number of piperazine rings is 1. The highest BCUT2D eigenvalue weighted by molar-refractivity contribution is 6.04. The molecule has 2 aromatic rings. The van der Waals surface area contributed by atoms with Gasteiger partial charge in [0.05, 0.1) is 27.0 Å². The number of methoxy groups -OCH3 is 3. The van der Waals surface area contributed by atoms with Gasteiger partial charge in [0.15, 0.2) is 0 Å². The van der Waals surface area contributed by atoms with Gasteiger partial charge in [-0.25, -0.2) is 0 Å². The third kappa shape index (κ3) is 3.60. The summed E-state index contributed by atoms with van der Waals surface area (Å²) in [6, 6.07) is 11.7. The summed E-state index contributed by atoms with van der Waals surface area (Å²) in [5, 5.41) is 0. The molecule has 1 aliphatic heterocycles. The van der Waals surface area contributed by atoms with Crippen LogP contribution in [0.3, 0.4) is 0 Å².